The number of aliphatic hydroxyl groups is 2. The average Bonchev–Trinajstić information content (AvgIpc) is 3.01. The summed E-state index contributed by atoms with van der Waals surface area (Å²) in [6.45, 7) is 6.69. The molecule has 4 nitrogen and oxygen atoms in total. The van der Waals surface area contributed by atoms with Gasteiger partial charge in [-0.05, 0) is 86.4 Å². The van der Waals surface area contributed by atoms with Crippen LogP contribution in [0.15, 0.2) is 0 Å². The van der Waals surface area contributed by atoms with Crippen molar-refractivity contribution in [1.29, 1.82) is 0 Å². The van der Waals surface area contributed by atoms with Crippen LogP contribution in [0.3, 0.4) is 0 Å². The summed E-state index contributed by atoms with van der Waals surface area (Å²) in [5.41, 5.74) is 0.0860. The van der Waals surface area contributed by atoms with Gasteiger partial charge in [-0.3, -0.25) is 4.79 Å². The highest BCUT2D eigenvalue weighted by Gasteiger charge is 2.64. The minimum atomic E-state index is -0.342. The molecule has 0 aliphatic heterocycles. The largest absolute Gasteiger partial charge is 0.469 e. The Morgan fingerprint density at radius 1 is 1.04 bits per heavy atom. The molecule has 4 heteroatoms. The molecule has 10 atom stereocenters. The van der Waals surface area contributed by atoms with Gasteiger partial charge in [-0.25, -0.2) is 0 Å². The Morgan fingerprint density at radius 3 is 2.48 bits per heavy atom. The molecule has 0 aromatic heterocycles. The second-order valence-corrected chi connectivity index (χ2v) is 10.7. The molecule has 4 aliphatic rings. The lowest BCUT2D eigenvalue weighted by atomic mass is 9.43. The Kier molecular flexibility index (Phi) is 4.91. The first-order valence-corrected chi connectivity index (χ1v) is 11.2. The lowest BCUT2D eigenvalue weighted by Crippen LogP contribution is -2.59. The van der Waals surface area contributed by atoms with Crippen molar-refractivity contribution < 1.29 is 19.7 Å². The molecule has 0 unspecified atom stereocenters. The summed E-state index contributed by atoms with van der Waals surface area (Å²) in [7, 11) is 1.47. The van der Waals surface area contributed by atoms with Gasteiger partial charge in [-0.15, -0.1) is 0 Å². The molecular formula is C23H38O4. The number of hydrogen-bond acceptors (Lipinski definition) is 4. The number of aliphatic hydroxyl groups excluding tert-OH is 2. The molecule has 0 saturated heterocycles. The summed E-state index contributed by atoms with van der Waals surface area (Å²) < 4.78 is 5.04. The Labute approximate surface area is 164 Å². The molecular weight excluding hydrogens is 340 g/mol. The molecule has 4 saturated carbocycles. The standard InChI is InChI=1S/C23H38O4/c1-13(21(26)27-4)17-7-8-18-16-6-5-14-11-15(24)9-10-22(14,2)19(16)12-20(25)23(17,18)3/h13-20,24-25H,5-12H2,1-4H3/t13-,14-,15-,16-,17+,18-,19-,20+,22-,23+/m0/s1. The van der Waals surface area contributed by atoms with E-state index in [1.807, 2.05) is 6.92 Å². The van der Waals surface area contributed by atoms with E-state index in [2.05, 4.69) is 13.8 Å². The van der Waals surface area contributed by atoms with Crippen molar-refractivity contribution in [3.8, 4) is 0 Å². The van der Waals surface area contributed by atoms with Crippen molar-refractivity contribution in [2.24, 2.45) is 46.3 Å². The molecule has 0 spiro atoms. The molecule has 4 aliphatic carbocycles. The molecule has 0 aromatic carbocycles. The number of carbonyl (C=O) groups excluding carboxylic acids is 1. The first kappa shape index (κ1) is 19.7. The van der Waals surface area contributed by atoms with Gasteiger partial charge in [0.15, 0.2) is 0 Å². The van der Waals surface area contributed by atoms with Crippen molar-refractivity contribution in [2.75, 3.05) is 7.11 Å². The quantitative estimate of drug-likeness (QED) is 0.718. The van der Waals surface area contributed by atoms with Crippen molar-refractivity contribution in [1.82, 2.24) is 0 Å². The van der Waals surface area contributed by atoms with Gasteiger partial charge < -0.3 is 14.9 Å². The van der Waals surface area contributed by atoms with Crippen LogP contribution in [0, 0.1) is 46.3 Å². The maximum Gasteiger partial charge on any atom is 0.308 e. The minimum absolute atomic E-state index is 0.129. The van der Waals surface area contributed by atoms with Crippen LogP contribution in [0.1, 0.15) is 72.1 Å². The smallest absolute Gasteiger partial charge is 0.308 e. The van der Waals surface area contributed by atoms with E-state index in [0.717, 1.165) is 38.5 Å². The first-order chi connectivity index (χ1) is 12.7. The summed E-state index contributed by atoms with van der Waals surface area (Å²) in [6, 6.07) is 0. The second-order valence-electron chi connectivity index (χ2n) is 10.7. The van der Waals surface area contributed by atoms with Gasteiger partial charge in [-0.2, -0.15) is 0 Å². The summed E-state index contributed by atoms with van der Waals surface area (Å²) in [5, 5.41) is 21.6. The third-order valence-corrected chi connectivity index (χ3v) is 9.99. The Morgan fingerprint density at radius 2 is 1.78 bits per heavy atom. The second kappa shape index (κ2) is 6.73. The zero-order valence-electron chi connectivity index (χ0n) is 17.5. The van der Waals surface area contributed by atoms with Gasteiger partial charge in [0.1, 0.15) is 0 Å². The SMILES string of the molecule is COC(=O)[C@@H](C)[C@H]1CC[C@H]2[C@@H]3CC[C@H]4C[C@@H](O)CC[C@]4(C)[C@H]3C[C@@H](O)[C@]12C. The normalized spacial score (nSPS) is 53.0. The van der Waals surface area contributed by atoms with E-state index < -0.39 is 0 Å². The molecule has 0 radical (unpaired) electrons. The van der Waals surface area contributed by atoms with Crippen molar-refractivity contribution >= 4 is 5.97 Å². The number of carbonyl (C=O) groups is 1. The van der Waals surface area contributed by atoms with Crippen molar-refractivity contribution in [3.63, 3.8) is 0 Å². The molecule has 4 fully saturated rings. The van der Waals surface area contributed by atoms with Crippen LogP contribution in [0.2, 0.25) is 0 Å². The van der Waals surface area contributed by atoms with E-state index in [1.54, 1.807) is 0 Å². The van der Waals surface area contributed by atoms with Crippen LogP contribution in [0.4, 0.5) is 0 Å². The van der Waals surface area contributed by atoms with Crippen LogP contribution in [0.25, 0.3) is 0 Å². The Bertz CT molecular complexity index is 591. The van der Waals surface area contributed by atoms with Gasteiger partial charge in [0, 0.05) is 5.41 Å². The van der Waals surface area contributed by atoms with Crippen LogP contribution in [-0.2, 0) is 9.53 Å². The maximum absolute atomic E-state index is 12.2. The molecule has 0 amide bonds. The molecule has 27 heavy (non-hydrogen) atoms. The van der Waals surface area contributed by atoms with Gasteiger partial charge in [-0.1, -0.05) is 20.8 Å². The summed E-state index contributed by atoms with van der Waals surface area (Å²) in [5.74, 6) is 2.26. The van der Waals surface area contributed by atoms with E-state index in [-0.39, 0.29) is 40.8 Å². The van der Waals surface area contributed by atoms with E-state index in [1.165, 1.54) is 20.0 Å². The number of hydrogen-bond donors (Lipinski definition) is 2. The van der Waals surface area contributed by atoms with Crippen LogP contribution >= 0.6 is 0 Å². The predicted octanol–water partition coefficient (Wildman–Crippen LogP) is 3.79. The lowest BCUT2D eigenvalue weighted by Gasteiger charge is -2.62. The third kappa shape index (κ3) is 2.73. The van der Waals surface area contributed by atoms with Gasteiger partial charge >= 0.3 is 5.97 Å². The van der Waals surface area contributed by atoms with E-state index in [9.17, 15) is 15.0 Å². The van der Waals surface area contributed by atoms with E-state index in [4.69, 9.17) is 4.74 Å². The maximum atomic E-state index is 12.2. The summed E-state index contributed by atoms with van der Waals surface area (Å²) in [6.07, 6.45) is 7.94. The van der Waals surface area contributed by atoms with Crippen molar-refractivity contribution in [3.05, 3.63) is 0 Å². The number of ether oxygens (including phenoxy) is 1. The predicted molar refractivity (Wildman–Crippen MR) is 104 cm³/mol. The topological polar surface area (TPSA) is 66.8 Å². The molecule has 0 heterocycles. The number of rotatable bonds is 2. The van der Waals surface area contributed by atoms with Crippen LogP contribution < -0.4 is 0 Å². The van der Waals surface area contributed by atoms with Crippen LogP contribution in [0.5, 0.6) is 0 Å². The molecule has 2 N–H and O–H groups in total. The third-order valence-electron chi connectivity index (χ3n) is 9.99. The highest BCUT2D eigenvalue weighted by Crippen LogP contribution is 2.68. The number of methoxy groups -OCH3 is 1. The minimum Gasteiger partial charge on any atom is -0.469 e. The van der Waals surface area contributed by atoms with Crippen molar-refractivity contribution in [2.45, 2.75) is 84.3 Å². The molecule has 0 bridgehead atoms. The van der Waals surface area contributed by atoms with E-state index in [0.29, 0.717) is 23.7 Å². The molecule has 0 aromatic rings. The van der Waals surface area contributed by atoms with Gasteiger partial charge in [0.05, 0.1) is 25.2 Å². The van der Waals surface area contributed by atoms with E-state index >= 15 is 0 Å². The molecule has 4 rings (SSSR count). The zero-order chi connectivity index (χ0) is 19.6. The summed E-state index contributed by atoms with van der Waals surface area (Å²) >= 11 is 0. The monoisotopic (exact) mass is 378 g/mol. The summed E-state index contributed by atoms with van der Waals surface area (Å²) in [4.78, 5) is 12.2. The Hall–Kier alpha value is -0.610. The van der Waals surface area contributed by atoms with Gasteiger partial charge in [0.2, 0.25) is 0 Å². The highest BCUT2D eigenvalue weighted by molar-refractivity contribution is 5.72. The lowest BCUT2D eigenvalue weighted by molar-refractivity contribution is -0.179. The van der Waals surface area contributed by atoms with Crippen LogP contribution in [-0.4, -0.2) is 35.5 Å². The number of fused-ring (bicyclic) bond motifs is 5. The fourth-order valence-electron chi connectivity index (χ4n) is 8.40. The number of esters is 1. The first-order valence-electron chi connectivity index (χ1n) is 11.2. The highest BCUT2D eigenvalue weighted by atomic mass is 16.5. The van der Waals surface area contributed by atoms with Gasteiger partial charge in [0.25, 0.3) is 0 Å². The average molecular weight is 379 g/mol. The zero-order valence-corrected chi connectivity index (χ0v) is 17.5. The molecule has 154 valence electrons. The Balaban J connectivity index is 1.62. The fourth-order valence-corrected chi connectivity index (χ4v) is 8.40. The fraction of sp³-hybridized carbons (Fsp3) is 0.957.